The normalized spacial score (nSPS) is 11.6. The van der Waals surface area contributed by atoms with Gasteiger partial charge in [-0.15, -0.1) is 0 Å². The van der Waals surface area contributed by atoms with Crippen LogP contribution in [0.2, 0.25) is 0 Å². The summed E-state index contributed by atoms with van der Waals surface area (Å²) in [4.78, 5) is 40.6. The first-order valence-corrected chi connectivity index (χ1v) is 12.4. The Balaban J connectivity index is 1.85. The molecule has 0 aliphatic heterocycles. The number of halogens is 1. The van der Waals surface area contributed by atoms with Crippen molar-refractivity contribution < 1.29 is 7.80 Å². The lowest BCUT2D eigenvalue weighted by Crippen LogP contribution is -2.39. The molecule has 0 spiro atoms. The van der Waals surface area contributed by atoms with Crippen LogP contribution < -0.4 is 16.0 Å². The van der Waals surface area contributed by atoms with E-state index in [9.17, 15) is 14.9 Å². The van der Waals surface area contributed by atoms with Crippen LogP contribution in [0.1, 0.15) is 19.4 Å². The maximum absolute atomic E-state index is 13.7. The van der Waals surface area contributed by atoms with E-state index >= 15 is 0 Å². The molecule has 0 N–H and O–H groups in total. The van der Waals surface area contributed by atoms with Crippen molar-refractivity contribution in [3.05, 3.63) is 87.3 Å². The summed E-state index contributed by atoms with van der Waals surface area (Å²) in [6, 6.07) is 16.5. The third-order valence-corrected chi connectivity index (χ3v) is 6.63. The van der Waals surface area contributed by atoms with Crippen LogP contribution >= 0.6 is 23.0 Å². The highest BCUT2D eigenvalue weighted by molar-refractivity contribution is 14.1. The fourth-order valence-corrected chi connectivity index (χ4v) is 4.47. The lowest BCUT2D eigenvalue weighted by molar-refractivity contribution is 0.308. The molecule has 4 aromatic heterocycles. The average Bonchev–Trinajstić information content (AvgIpc) is 2.95. The summed E-state index contributed by atoms with van der Waals surface area (Å²) in [7, 11) is 1.54. The molecule has 5 aromatic rings. The van der Waals surface area contributed by atoms with Gasteiger partial charge >= 0.3 is 5.69 Å². The Morgan fingerprint density at radius 1 is 1.03 bits per heavy atom. The van der Waals surface area contributed by atoms with Crippen LogP contribution in [0.25, 0.3) is 38.9 Å². The van der Waals surface area contributed by atoms with Crippen LogP contribution in [0.3, 0.4) is 0 Å². The second-order valence-electron chi connectivity index (χ2n) is 9.05. The minimum Gasteiger partial charge on any atom is -0.481 e. The van der Waals surface area contributed by atoms with E-state index in [-0.39, 0.29) is 12.1 Å². The molecule has 0 bridgehead atoms. The SMILES string of the molecule is COc1ccc(-c2ccc3ncc4c(=O)n(COI)c(=O)n(-c5ccc(C(C)(C)C#N)cc5)c4c3n2)cn1. The number of nitrogens with zero attached hydrogens (tertiary/aromatic N) is 6. The summed E-state index contributed by atoms with van der Waals surface area (Å²) in [6.07, 6.45) is 3.09. The maximum Gasteiger partial charge on any atom is 0.338 e. The van der Waals surface area contributed by atoms with E-state index in [1.165, 1.54) is 17.9 Å². The van der Waals surface area contributed by atoms with Gasteiger partial charge in [0.25, 0.3) is 5.56 Å². The third kappa shape index (κ3) is 4.31. The zero-order valence-electron chi connectivity index (χ0n) is 20.7. The van der Waals surface area contributed by atoms with Crippen LogP contribution in [-0.2, 0) is 15.2 Å². The Morgan fingerprint density at radius 2 is 1.79 bits per heavy atom. The molecule has 0 amide bonds. The molecule has 4 heterocycles. The lowest BCUT2D eigenvalue weighted by atomic mass is 9.86. The topological polar surface area (TPSA) is 125 Å². The van der Waals surface area contributed by atoms with Gasteiger partial charge in [0.2, 0.25) is 5.88 Å². The average molecular weight is 620 g/mol. The Hall–Kier alpha value is -4.15. The maximum atomic E-state index is 13.7. The molecule has 38 heavy (non-hydrogen) atoms. The van der Waals surface area contributed by atoms with Gasteiger partial charge in [0.1, 0.15) is 35.3 Å². The van der Waals surface area contributed by atoms with Gasteiger partial charge < -0.3 is 4.74 Å². The van der Waals surface area contributed by atoms with Crippen molar-refractivity contribution in [2.24, 2.45) is 0 Å². The van der Waals surface area contributed by atoms with Gasteiger partial charge in [0.05, 0.1) is 46.4 Å². The van der Waals surface area contributed by atoms with Crippen molar-refractivity contribution >= 4 is 44.9 Å². The third-order valence-electron chi connectivity index (χ3n) is 6.35. The van der Waals surface area contributed by atoms with E-state index in [0.717, 1.165) is 15.7 Å². The van der Waals surface area contributed by atoms with Crippen molar-refractivity contribution in [1.82, 2.24) is 24.1 Å². The molecule has 190 valence electrons. The van der Waals surface area contributed by atoms with Gasteiger partial charge in [0, 0.05) is 24.0 Å². The van der Waals surface area contributed by atoms with Crippen LogP contribution in [-0.4, -0.2) is 31.2 Å². The first-order valence-electron chi connectivity index (χ1n) is 11.5. The molecule has 0 unspecified atom stereocenters. The van der Waals surface area contributed by atoms with Crippen molar-refractivity contribution in [2.45, 2.75) is 26.0 Å². The number of pyridine rings is 3. The first-order chi connectivity index (χ1) is 18.3. The lowest BCUT2D eigenvalue weighted by Gasteiger charge is -2.18. The predicted molar refractivity (Wildman–Crippen MR) is 150 cm³/mol. The fourth-order valence-electron chi connectivity index (χ4n) is 4.19. The monoisotopic (exact) mass is 620 g/mol. The molecular formula is C27H21IN6O4. The number of aromatic nitrogens is 5. The highest BCUT2D eigenvalue weighted by atomic mass is 127. The van der Waals surface area contributed by atoms with Gasteiger partial charge in [-0.05, 0) is 49.7 Å². The summed E-state index contributed by atoms with van der Waals surface area (Å²) >= 11 is 1.64. The van der Waals surface area contributed by atoms with Crippen LogP contribution in [0.15, 0.2) is 70.5 Å². The number of methoxy groups -OCH3 is 1. The summed E-state index contributed by atoms with van der Waals surface area (Å²) in [5.41, 5.74) is 2.01. The zero-order valence-corrected chi connectivity index (χ0v) is 22.8. The molecule has 10 nitrogen and oxygen atoms in total. The van der Waals surface area contributed by atoms with Crippen molar-refractivity contribution in [3.63, 3.8) is 0 Å². The molecule has 11 heteroatoms. The van der Waals surface area contributed by atoms with Gasteiger partial charge in [0.15, 0.2) is 0 Å². The quantitative estimate of drug-likeness (QED) is 0.204. The molecule has 0 atom stereocenters. The molecule has 0 saturated carbocycles. The van der Waals surface area contributed by atoms with Crippen LogP contribution in [0.5, 0.6) is 5.88 Å². The van der Waals surface area contributed by atoms with E-state index in [4.69, 9.17) is 12.8 Å². The molecule has 0 aliphatic rings. The zero-order chi connectivity index (χ0) is 27.0. The standard InChI is InChI=1S/C27H21IN6O4/c1-27(2,14-29)17-5-7-18(8-6-17)34-24-19(25(35)33(15-38-28)26(34)36)13-30-21-10-9-20(32-23(21)24)16-4-11-22(37-3)31-12-16/h4-13H,15H2,1-3H3. The molecule has 0 aliphatic carbocycles. The smallest absolute Gasteiger partial charge is 0.338 e. The van der Waals surface area contributed by atoms with Gasteiger partial charge in [-0.1, -0.05) is 12.1 Å². The van der Waals surface area contributed by atoms with E-state index in [1.54, 1.807) is 71.7 Å². The highest BCUT2D eigenvalue weighted by Crippen LogP contribution is 2.27. The van der Waals surface area contributed by atoms with E-state index < -0.39 is 16.7 Å². The van der Waals surface area contributed by atoms with Gasteiger partial charge in [-0.3, -0.25) is 17.4 Å². The first kappa shape index (κ1) is 25.5. The summed E-state index contributed by atoms with van der Waals surface area (Å²) in [5, 5.41) is 9.74. The summed E-state index contributed by atoms with van der Waals surface area (Å²) in [6.45, 7) is 3.40. The molecule has 5 rings (SSSR count). The van der Waals surface area contributed by atoms with Gasteiger partial charge in [-0.25, -0.2) is 19.3 Å². The number of nitriles is 1. The number of hydrogen-bond acceptors (Lipinski definition) is 8. The van der Waals surface area contributed by atoms with Gasteiger partial charge in [-0.2, -0.15) is 5.26 Å². The number of rotatable bonds is 6. The Bertz CT molecular complexity index is 1840. The number of ether oxygens (including phenoxy) is 1. The highest BCUT2D eigenvalue weighted by Gasteiger charge is 2.22. The second-order valence-corrected chi connectivity index (χ2v) is 9.67. The van der Waals surface area contributed by atoms with Crippen molar-refractivity contribution in [3.8, 4) is 28.9 Å². The van der Waals surface area contributed by atoms with E-state index in [1.807, 2.05) is 19.9 Å². The summed E-state index contributed by atoms with van der Waals surface area (Å²) < 4.78 is 12.7. The largest absolute Gasteiger partial charge is 0.481 e. The predicted octanol–water partition coefficient (Wildman–Crippen LogP) is 4.29. The number of benzene rings is 1. The molecule has 1 aromatic carbocycles. The molecule has 0 saturated heterocycles. The fraction of sp³-hybridized carbons (Fsp3) is 0.185. The Labute approximate surface area is 230 Å². The minimum absolute atomic E-state index is 0.212. The number of hydrogen-bond donors (Lipinski definition) is 0. The Kier molecular flexibility index (Phi) is 6.68. The number of fused-ring (bicyclic) bond motifs is 3. The van der Waals surface area contributed by atoms with Crippen molar-refractivity contribution in [1.29, 1.82) is 5.26 Å². The van der Waals surface area contributed by atoms with Crippen LogP contribution in [0.4, 0.5) is 0 Å². The Morgan fingerprint density at radius 3 is 2.42 bits per heavy atom. The minimum atomic E-state index is -0.709. The van der Waals surface area contributed by atoms with E-state index in [0.29, 0.717) is 33.8 Å². The second kappa shape index (κ2) is 9.96. The molecule has 0 fully saturated rings. The van der Waals surface area contributed by atoms with Crippen LogP contribution in [0, 0.1) is 11.3 Å². The van der Waals surface area contributed by atoms with Crippen molar-refractivity contribution in [2.75, 3.05) is 7.11 Å². The van der Waals surface area contributed by atoms with E-state index in [2.05, 4.69) is 16.0 Å². The molecular weight excluding hydrogens is 599 g/mol. The summed E-state index contributed by atoms with van der Waals surface area (Å²) in [5.74, 6) is 0.469. The molecule has 0 radical (unpaired) electrons.